The number of rotatable bonds is 7. The highest BCUT2D eigenvalue weighted by Crippen LogP contribution is 2.11. The summed E-state index contributed by atoms with van der Waals surface area (Å²) in [6.07, 6.45) is 1.54. The molecule has 0 bridgehead atoms. The number of ether oxygens (including phenoxy) is 1. The van der Waals surface area contributed by atoms with Crippen LogP contribution in [0.2, 0.25) is 0 Å². The van der Waals surface area contributed by atoms with Gasteiger partial charge in [-0.1, -0.05) is 17.7 Å². The number of amides is 2. The predicted molar refractivity (Wildman–Crippen MR) is 101 cm³/mol. The maximum absolute atomic E-state index is 11.9. The van der Waals surface area contributed by atoms with Crippen LogP contribution in [0.1, 0.15) is 35.3 Å². The number of nitrogens with zero attached hydrogens (tertiary/aromatic N) is 1. The van der Waals surface area contributed by atoms with Crippen molar-refractivity contribution in [1.29, 1.82) is 0 Å². The zero-order valence-electron chi connectivity index (χ0n) is 15.2. The van der Waals surface area contributed by atoms with E-state index in [1.54, 1.807) is 42.6 Å². The third-order valence-corrected chi connectivity index (χ3v) is 3.39. The van der Waals surface area contributed by atoms with Crippen molar-refractivity contribution in [3.05, 3.63) is 65.2 Å². The van der Waals surface area contributed by atoms with E-state index in [9.17, 15) is 9.59 Å². The van der Waals surface area contributed by atoms with E-state index in [0.717, 1.165) is 11.1 Å². The summed E-state index contributed by atoms with van der Waals surface area (Å²) in [5.41, 5.74) is 4.93. The first-order valence-electron chi connectivity index (χ1n) is 8.36. The molecule has 136 valence electrons. The number of benzene rings is 2. The van der Waals surface area contributed by atoms with E-state index >= 15 is 0 Å². The number of hydrazone groups is 1. The van der Waals surface area contributed by atoms with Gasteiger partial charge >= 0.3 is 0 Å². The predicted octanol–water partition coefficient (Wildman–Crippen LogP) is 2.66. The summed E-state index contributed by atoms with van der Waals surface area (Å²) in [5.74, 6) is 0.159. The summed E-state index contributed by atoms with van der Waals surface area (Å²) < 4.78 is 5.41. The molecule has 0 saturated heterocycles. The molecule has 0 spiro atoms. The Labute approximate surface area is 153 Å². The Hall–Kier alpha value is -3.15. The summed E-state index contributed by atoms with van der Waals surface area (Å²) in [6.45, 7) is 5.72. The minimum atomic E-state index is -0.266. The summed E-state index contributed by atoms with van der Waals surface area (Å²) in [4.78, 5) is 23.5. The van der Waals surface area contributed by atoms with Crippen molar-refractivity contribution in [3.63, 3.8) is 0 Å². The molecule has 0 fully saturated rings. The van der Waals surface area contributed by atoms with Gasteiger partial charge in [0.05, 0.1) is 6.21 Å². The maximum atomic E-state index is 11.9. The van der Waals surface area contributed by atoms with Gasteiger partial charge in [-0.2, -0.15) is 5.10 Å². The van der Waals surface area contributed by atoms with E-state index in [4.69, 9.17) is 4.74 Å². The van der Waals surface area contributed by atoms with Gasteiger partial charge in [0.1, 0.15) is 5.75 Å². The molecule has 0 radical (unpaired) electrons. The Kier molecular flexibility index (Phi) is 6.91. The monoisotopic (exact) mass is 353 g/mol. The fourth-order valence-electron chi connectivity index (χ4n) is 2.10. The van der Waals surface area contributed by atoms with Gasteiger partial charge in [0.25, 0.3) is 11.8 Å². The van der Waals surface area contributed by atoms with Crippen LogP contribution < -0.4 is 15.5 Å². The number of carbonyl (C=O) groups excluding carboxylic acids is 2. The van der Waals surface area contributed by atoms with Gasteiger partial charge in [0, 0.05) is 11.6 Å². The van der Waals surface area contributed by atoms with Gasteiger partial charge in [-0.15, -0.1) is 0 Å². The van der Waals surface area contributed by atoms with E-state index in [-0.39, 0.29) is 24.5 Å². The number of aryl methyl sites for hydroxylation is 1. The zero-order chi connectivity index (χ0) is 18.9. The second-order valence-electron chi connectivity index (χ2n) is 6.15. The highest BCUT2D eigenvalue weighted by molar-refractivity contribution is 5.94. The average Bonchev–Trinajstić information content (AvgIpc) is 2.61. The van der Waals surface area contributed by atoms with Crippen molar-refractivity contribution in [2.45, 2.75) is 26.8 Å². The SMILES string of the molecule is Cc1ccc(C(=O)N/N=C/c2ccc(OCC(=O)NC(C)C)cc2)cc1. The van der Waals surface area contributed by atoms with Crippen molar-refractivity contribution in [2.75, 3.05) is 6.61 Å². The largest absolute Gasteiger partial charge is 0.484 e. The van der Waals surface area contributed by atoms with E-state index in [2.05, 4.69) is 15.8 Å². The molecule has 2 aromatic carbocycles. The van der Waals surface area contributed by atoms with Crippen LogP contribution in [0.25, 0.3) is 0 Å². The lowest BCUT2D eigenvalue weighted by atomic mass is 10.1. The molecular weight excluding hydrogens is 330 g/mol. The van der Waals surface area contributed by atoms with E-state index in [0.29, 0.717) is 11.3 Å². The fourth-order valence-corrected chi connectivity index (χ4v) is 2.10. The lowest BCUT2D eigenvalue weighted by molar-refractivity contribution is -0.123. The lowest BCUT2D eigenvalue weighted by Gasteiger charge is -2.09. The second kappa shape index (κ2) is 9.36. The van der Waals surface area contributed by atoms with Crippen molar-refractivity contribution in [1.82, 2.24) is 10.7 Å². The normalized spacial score (nSPS) is 10.8. The van der Waals surface area contributed by atoms with Gasteiger partial charge in [0.2, 0.25) is 0 Å². The number of hydrogen-bond donors (Lipinski definition) is 2. The molecule has 26 heavy (non-hydrogen) atoms. The summed E-state index contributed by atoms with van der Waals surface area (Å²) >= 11 is 0. The Bertz CT molecular complexity index is 766. The fraction of sp³-hybridized carbons (Fsp3) is 0.250. The third-order valence-electron chi connectivity index (χ3n) is 3.39. The van der Waals surface area contributed by atoms with E-state index in [1.807, 2.05) is 32.9 Å². The highest BCUT2D eigenvalue weighted by atomic mass is 16.5. The molecule has 0 aromatic heterocycles. The first-order valence-corrected chi connectivity index (χ1v) is 8.36. The minimum Gasteiger partial charge on any atom is -0.484 e. The van der Waals surface area contributed by atoms with Gasteiger partial charge in [-0.05, 0) is 62.7 Å². The first-order chi connectivity index (χ1) is 12.4. The molecule has 0 atom stereocenters. The molecule has 6 nitrogen and oxygen atoms in total. The van der Waals surface area contributed by atoms with Crippen molar-refractivity contribution in [2.24, 2.45) is 5.10 Å². The van der Waals surface area contributed by atoms with Gasteiger partial charge < -0.3 is 10.1 Å². The van der Waals surface area contributed by atoms with Crippen LogP contribution >= 0.6 is 0 Å². The van der Waals surface area contributed by atoms with Crippen LogP contribution in [0.3, 0.4) is 0 Å². The Morgan fingerprint density at radius 1 is 1.08 bits per heavy atom. The zero-order valence-corrected chi connectivity index (χ0v) is 15.2. The van der Waals surface area contributed by atoms with Crippen molar-refractivity contribution in [3.8, 4) is 5.75 Å². The Balaban J connectivity index is 1.82. The van der Waals surface area contributed by atoms with Crippen LogP contribution in [-0.4, -0.2) is 30.7 Å². The maximum Gasteiger partial charge on any atom is 0.271 e. The number of nitrogens with one attached hydrogen (secondary N) is 2. The minimum absolute atomic E-state index is 0.0295. The Morgan fingerprint density at radius 2 is 1.73 bits per heavy atom. The summed E-state index contributed by atoms with van der Waals surface area (Å²) in [7, 11) is 0. The molecular formula is C20H23N3O3. The standard InChI is InChI=1S/C20H23N3O3/c1-14(2)22-19(24)13-26-18-10-6-16(7-11-18)12-21-23-20(25)17-8-4-15(3)5-9-17/h4-12,14H,13H2,1-3H3,(H,22,24)(H,23,25)/b21-12+. The number of carbonyl (C=O) groups is 2. The molecule has 6 heteroatoms. The molecule has 2 aromatic rings. The second-order valence-corrected chi connectivity index (χ2v) is 6.15. The molecule has 0 aliphatic rings. The molecule has 0 heterocycles. The van der Waals surface area contributed by atoms with E-state index in [1.165, 1.54) is 0 Å². The number of hydrogen-bond acceptors (Lipinski definition) is 4. The molecule has 0 aliphatic heterocycles. The molecule has 2 rings (SSSR count). The summed E-state index contributed by atoms with van der Waals surface area (Å²) in [5, 5.41) is 6.70. The van der Waals surface area contributed by atoms with Gasteiger partial charge in [-0.3, -0.25) is 9.59 Å². The topological polar surface area (TPSA) is 79.8 Å². The molecule has 2 N–H and O–H groups in total. The highest BCUT2D eigenvalue weighted by Gasteiger charge is 2.04. The van der Waals surface area contributed by atoms with Crippen LogP contribution in [0.15, 0.2) is 53.6 Å². The van der Waals surface area contributed by atoms with Crippen LogP contribution in [0.4, 0.5) is 0 Å². The lowest BCUT2D eigenvalue weighted by Crippen LogP contribution is -2.34. The van der Waals surface area contributed by atoms with Crippen LogP contribution in [0.5, 0.6) is 5.75 Å². The van der Waals surface area contributed by atoms with Gasteiger partial charge in [-0.25, -0.2) is 5.43 Å². The molecule has 0 unspecified atom stereocenters. The van der Waals surface area contributed by atoms with Crippen molar-refractivity contribution < 1.29 is 14.3 Å². The molecule has 0 saturated carbocycles. The van der Waals surface area contributed by atoms with E-state index < -0.39 is 0 Å². The van der Waals surface area contributed by atoms with Crippen LogP contribution in [0, 0.1) is 6.92 Å². The molecule has 2 amide bonds. The van der Waals surface area contributed by atoms with Crippen LogP contribution in [-0.2, 0) is 4.79 Å². The molecule has 0 aliphatic carbocycles. The summed E-state index contributed by atoms with van der Waals surface area (Å²) in [6, 6.07) is 14.4. The average molecular weight is 353 g/mol. The first kappa shape index (κ1) is 19.2. The third kappa shape index (κ3) is 6.39. The van der Waals surface area contributed by atoms with Crippen molar-refractivity contribution >= 4 is 18.0 Å². The smallest absolute Gasteiger partial charge is 0.271 e. The van der Waals surface area contributed by atoms with Gasteiger partial charge in [0.15, 0.2) is 6.61 Å². The Morgan fingerprint density at radius 3 is 2.35 bits per heavy atom. The quantitative estimate of drug-likeness (QED) is 0.593.